The molecule has 0 spiro atoms. The number of allylic oxidation sites excluding steroid dienone is 1. The first-order valence-electron chi connectivity index (χ1n) is 6.49. The third-order valence-corrected chi connectivity index (χ3v) is 5.97. The lowest BCUT2D eigenvalue weighted by Gasteiger charge is -2.36. The molecule has 7 unspecified atom stereocenters. The summed E-state index contributed by atoms with van der Waals surface area (Å²) in [5.74, 6) is 6.22. The van der Waals surface area contributed by atoms with Gasteiger partial charge < -0.3 is 5.11 Å². The lowest BCUT2D eigenvalue weighted by molar-refractivity contribution is 0.110. The van der Waals surface area contributed by atoms with Gasteiger partial charge in [-0.3, -0.25) is 0 Å². The molecule has 3 rings (SSSR count). The van der Waals surface area contributed by atoms with E-state index in [2.05, 4.69) is 20.4 Å². The molecule has 3 aliphatic rings. The first-order valence-corrected chi connectivity index (χ1v) is 6.49. The molecule has 0 aromatic carbocycles. The lowest BCUT2D eigenvalue weighted by atomic mass is 9.69. The predicted octanol–water partition coefficient (Wildman–Crippen LogP) is 3.62. The standard InChI is InChI=1S/C14H22O/c1-7-8(2)13-6-12(7)11-5-4-10(9(3)15)14(11)13/h7-8,10-15H,3-6H2,1-2H3. The molecule has 3 fully saturated rings. The fraction of sp³-hybridized carbons (Fsp3) is 0.857. The minimum absolute atomic E-state index is 0.431. The van der Waals surface area contributed by atoms with Crippen LogP contribution in [0.15, 0.2) is 12.3 Å². The maximum atomic E-state index is 9.69. The summed E-state index contributed by atoms with van der Waals surface area (Å²) in [7, 11) is 0. The summed E-state index contributed by atoms with van der Waals surface area (Å²) in [5, 5.41) is 9.69. The van der Waals surface area contributed by atoms with Crippen LogP contribution in [-0.2, 0) is 0 Å². The molecule has 15 heavy (non-hydrogen) atoms. The van der Waals surface area contributed by atoms with E-state index in [4.69, 9.17) is 0 Å². The maximum Gasteiger partial charge on any atom is 0.0884 e. The van der Waals surface area contributed by atoms with E-state index < -0.39 is 0 Å². The van der Waals surface area contributed by atoms with Crippen molar-refractivity contribution in [1.82, 2.24) is 0 Å². The van der Waals surface area contributed by atoms with Crippen molar-refractivity contribution in [2.75, 3.05) is 0 Å². The van der Waals surface area contributed by atoms with Gasteiger partial charge in [-0.1, -0.05) is 20.4 Å². The lowest BCUT2D eigenvalue weighted by Crippen LogP contribution is -2.32. The Balaban J connectivity index is 1.89. The van der Waals surface area contributed by atoms with Gasteiger partial charge in [0.1, 0.15) is 0 Å². The van der Waals surface area contributed by atoms with Crippen molar-refractivity contribution in [3.8, 4) is 0 Å². The van der Waals surface area contributed by atoms with Gasteiger partial charge in [-0.2, -0.15) is 0 Å². The maximum absolute atomic E-state index is 9.69. The molecule has 0 aliphatic heterocycles. The van der Waals surface area contributed by atoms with E-state index in [1.54, 1.807) is 0 Å². The number of hydrogen-bond donors (Lipinski definition) is 1. The average molecular weight is 206 g/mol. The first kappa shape index (κ1) is 9.74. The second kappa shape index (κ2) is 3.02. The van der Waals surface area contributed by atoms with Crippen LogP contribution in [0.2, 0.25) is 0 Å². The zero-order valence-electron chi connectivity index (χ0n) is 9.82. The smallest absolute Gasteiger partial charge is 0.0884 e. The monoisotopic (exact) mass is 206 g/mol. The van der Waals surface area contributed by atoms with Gasteiger partial charge in [0.25, 0.3) is 0 Å². The molecular weight excluding hydrogens is 184 g/mol. The summed E-state index contributed by atoms with van der Waals surface area (Å²) in [5.41, 5.74) is 0. The van der Waals surface area contributed by atoms with Crippen LogP contribution < -0.4 is 0 Å². The van der Waals surface area contributed by atoms with Crippen molar-refractivity contribution in [3.05, 3.63) is 12.3 Å². The molecule has 84 valence electrons. The van der Waals surface area contributed by atoms with E-state index in [9.17, 15) is 5.11 Å². The molecule has 0 heterocycles. The van der Waals surface area contributed by atoms with E-state index in [0.29, 0.717) is 11.7 Å². The second-order valence-electron chi connectivity index (χ2n) is 6.20. The molecule has 0 amide bonds. The molecule has 3 aliphatic carbocycles. The van der Waals surface area contributed by atoms with E-state index in [1.807, 2.05) is 0 Å². The van der Waals surface area contributed by atoms with Gasteiger partial charge >= 0.3 is 0 Å². The normalized spacial score (nSPS) is 57.1. The van der Waals surface area contributed by atoms with Crippen LogP contribution in [0.3, 0.4) is 0 Å². The Morgan fingerprint density at radius 2 is 1.73 bits per heavy atom. The van der Waals surface area contributed by atoms with Crippen LogP contribution in [0.25, 0.3) is 0 Å². The number of aliphatic hydroxyl groups excluding tert-OH is 1. The highest BCUT2D eigenvalue weighted by atomic mass is 16.3. The largest absolute Gasteiger partial charge is 0.513 e. The molecule has 7 atom stereocenters. The second-order valence-corrected chi connectivity index (χ2v) is 6.20. The van der Waals surface area contributed by atoms with Gasteiger partial charge in [-0.25, -0.2) is 0 Å². The summed E-state index contributed by atoms with van der Waals surface area (Å²) in [6.07, 6.45) is 3.96. The molecule has 1 N–H and O–H groups in total. The Bertz CT molecular complexity index is 296. The van der Waals surface area contributed by atoms with E-state index in [0.717, 1.165) is 35.5 Å². The Kier molecular flexibility index (Phi) is 1.96. The molecule has 1 nitrogen and oxygen atoms in total. The molecule has 2 bridgehead atoms. The number of aliphatic hydroxyl groups is 1. The van der Waals surface area contributed by atoms with Gasteiger partial charge in [-0.15, -0.1) is 0 Å². The zero-order chi connectivity index (χ0) is 10.7. The molecule has 1 heteroatoms. The Labute approximate surface area is 92.6 Å². The fourth-order valence-electron chi connectivity index (χ4n) is 5.16. The topological polar surface area (TPSA) is 20.2 Å². The van der Waals surface area contributed by atoms with Gasteiger partial charge in [0.05, 0.1) is 5.76 Å². The summed E-state index contributed by atoms with van der Waals surface area (Å²) >= 11 is 0. The summed E-state index contributed by atoms with van der Waals surface area (Å²) < 4.78 is 0. The number of hydrogen-bond acceptors (Lipinski definition) is 1. The highest BCUT2D eigenvalue weighted by Gasteiger charge is 2.59. The van der Waals surface area contributed by atoms with Gasteiger partial charge in [0.15, 0.2) is 0 Å². The van der Waals surface area contributed by atoms with Gasteiger partial charge in [-0.05, 0) is 54.8 Å². The third-order valence-electron chi connectivity index (χ3n) is 5.97. The SMILES string of the molecule is C=C(O)C1CCC2C3CC(C(C)C3C)C12. The molecule has 3 saturated carbocycles. The van der Waals surface area contributed by atoms with Crippen LogP contribution in [0, 0.1) is 41.4 Å². The highest BCUT2D eigenvalue weighted by molar-refractivity contribution is 5.11. The minimum atomic E-state index is 0.431. The number of fused-ring (bicyclic) bond motifs is 5. The van der Waals surface area contributed by atoms with Crippen molar-refractivity contribution in [2.45, 2.75) is 33.1 Å². The highest BCUT2D eigenvalue weighted by Crippen LogP contribution is 2.65. The summed E-state index contributed by atoms with van der Waals surface area (Å²) in [4.78, 5) is 0. The van der Waals surface area contributed by atoms with Crippen molar-refractivity contribution in [2.24, 2.45) is 41.4 Å². The summed E-state index contributed by atoms with van der Waals surface area (Å²) in [6, 6.07) is 0. The Morgan fingerprint density at radius 1 is 1.07 bits per heavy atom. The average Bonchev–Trinajstić information content (AvgIpc) is 2.78. The van der Waals surface area contributed by atoms with Crippen molar-refractivity contribution in [3.63, 3.8) is 0 Å². The Morgan fingerprint density at radius 3 is 2.40 bits per heavy atom. The van der Waals surface area contributed by atoms with E-state index in [-0.39, 0.29) is 0 Å². The molecular formula is C14H22O. The quantitative estimate of drug-likeness (QED) is 0.650. The molecule has 0 saturated heterocycles. The van der Waals surface area contributed by atoms with E-state index >= 15 is 0 Å². The Hall–Kier alpha value is -0.460. The van der Waals surface area contributed by atoms with Crippen LogP contribution in [0.5, 0.6) is 0 Å². The molecule has 0 radical (unpaired) electrons. The van der Waals surface area contributed by atoms with Gasteiger partial charge in [0.2, 0.25) is 0 Å². The number of rotatable bonds is 1. The van der Waals surface area contributed by atoms with Gasteiger partial charge in [0, 0.05) is 5.92 Å². The molecule has 0 aromatic heterocycles. The predicted molar refractivity (Wildman–Crippen MR) is 61.4 cm³/mol. The van der Waals surface area contributed by atoms with Crippen molar-refractivity contribution < 1.29 is 5.11 Å². The van der Waals surface area contributed by atoms with Crippen LogP contribution in [-0.4, -0.2) is 5.11 Å². The minimum Gasteiger partial charge on any atom is -0.513 e. The van der Waals surface area contributed by atoms with Crippen LogP contribution in [0.1, 0.15) is 33.1 Å². The van der Waals surface area contributed by atoms with Crippen LogP contribution >= 0.6 is 0 Å². The molecule has 0 aromatic rings. The van der Waals surface area contributed by atoms with Crippen molar-refractivity contribution in [1.29, 1.82) is 0 Å². The fourth-order valence-corrected chi connectivity index (χ4v) is 5.16. The van der Waals surface area contributed by atoms with E-state index in [1.165, 1.54) is 19.3 Å². The zero-order valence-corrected chi connectivity index (χ0v) is 9.82. The third kappa shape index (κ3) is 1.10. The van der Waals surface area contributed by atoms with Crippen LogP contribution in [0.4, 0.5) is 0 Å². The summed E-state index contributed by atoms with van der Waals surface area (Å²) in [6.45, 7) is 8.64. The first-order chi connectivity index (χ1) is 7.11. The van der Waals surface area contributed by atoms with Crippen molar-refractivity contribution >= 4 is 0 Å².